The van der Waals surface area contributed by atoms with E-state index in [1.54, 1.807) is 13.3 Å². The second-order valence-corrected chi connectivity index (χ2v) is 7.51. The lowest BCUT2D eigenvalue weighted by Crippen LogP contribution is -2.19. The second kappa shape index (κ2) is 8.02. The molecule has 0 fully saturated rings. The molecule has 4 aromatic rings. The molecule has 5 rings (SSSR count). The summed E-state index contributed by atoms with van der Waals surface area (Å²) in [5.74, 6) is 1.82. The fourth-order valence-corrected chi connectivity index (χ4v) is 4.23. The molecule has 30 heavy (non-hydrogen) atoms. The maximum atomic E-state index is 5.64. The van der Waals surface area contributed by atoms with Gasteiger partial charge in [0.05, 0.1) is 31.4 Å². The summed E-state index contributed by atoms with van der Waals surface area (Å²) in [6.07, 6.45) is 5.03. The normalized spacial score (nSPS) is 15.6. The molecule has 2 heterocycles. The second-order valence-electron chi connectivity index (χ2n) is 7.51. The van der Waals surface area contributed by atoms with Gasteiger partial charge in [-0.2, -0.15) is 15.4 Å². The van der Waals surface area contributed by atoms with Crippen molar-refractivity contribution in [3.63, 3.8) is 0 Å². The van der Waals surface area contributed by atoms with Crippen molar-refractivity contribution in [2.45, 2.75) is 31.8 Å². The Morgan fingerprint density at radius 2 is 2.07 bits per heavy atom. The van der Waals surface area contributed by atoms with Crippen LogP contribution in [0.2, 0.25) is 0 Å². The van der Waals surface area contributed by atoms with Crippen molar-refractivity contribution in [3.8, 4) is 5.75 Å². The number of aromatic amines is 1. The van der Waals surface area contributed by atoms with E-state index in [0.717, 1.165) is 53.1 Å². The van der Waals surface area contributed by atoms with Gasteiger partial charge in [0, 0.05) is 16.6 Å². The Bertz CT molecular complexity index is 1140. The number of nitrogens with zero attached hydrogens (tertiary/aromatic N) is 3. The van der Waals surface area contributed by atoms with Crippen LogP contribution in [-0.2, 0) is 13.0 Å². The Morgan fingerprint density at radius 3 is 2.93 bits per heavy atom. The number of hydrogen-bond donors (Lipinski definition) is 3. The van der Waals surface area contributed by atoms with E-state index in [1.807, 2.05) is 24.3 Å². The van der Waals surface area contributed by atoms with Crippen molar-refractivity contribution in [1.29, 1.82) is 0 Å². The first kappa shape index (κ1) is 18.4. The fraction of sp³-hybridized carbons (Fsp3) is 0.261. The van der Waals surface area contributed by atoms with Gasteiger partial charge in [0.15, 0.2) is 0 Å². The number of ether oxygens (including phenoxy) is 1. The van der Waals surface area contributed by atoms with Crippen molar-refractivity contribution in [3.05, 3.63) is 71.5 Å². The summed E-state index contributed by atoms with van der Waals surface area (Å²) in [4.78, 5) is 4.88. The van der Waals surface area contributed by atoms with E-state index < -0.39 is 0 Å². The standard InChI is InChI=1S/C23H24N6O/c1-30-21-10-3-6-15-5-2-9-20(23(15)21)27-22-12-11-17-18(7-4-8-19(17)26-22)24-13-16-14-25-29-28-16/h3-4,6-8,10-12,14,20,24H,2,5,9,13H2,1H3,(H,26,27)(H,25,28,29). The summed E-state index contributed by atoms with van der Waals surface area (Å²) in [7, 11) is 1.74. The Hall–Kier alpha value is -3.61. The molecule has 0 amide bonds. The number of aromatic nitrogens is 4. The van der Waals surface area contributed by atoms with E-state index >= 15 is 0 Å². The number of aryl methyl sites for hydroxylation is 1. The molecule has 1 aliphatic rings. The molecule has 2 aromatic carbocycles. The monoisotopic (exact) mass is 400 g/mol. The van der Waals surface area contributed by atoms with Crippen LogP contribution in [0.3, 0.4) is 0 Å². The summed E-state index contributed by atoms with van der Waals surface area (Å²) in [6, 6.07) is 16.8. The molecule has 2 aromatic heterocycles. The third kappa shape index (κ3) is 3.54. The van der Waals surface area contributed by atoms with Crippen molar-refractivity contribution >= 4 is 22.4 Å². The van der Waals surface area contributed by atoms with Crippen LogP contribution in [0, 0.1) is 0 Å². The number of benzene rings is 2. The third-order valence-corrected chi connectivity index (χ3v) is 5.64. The van der Waals surface area contributed by atoms with Crippen LogP contribution in [0.5, 0.6) is 5.75 Å². The molecule has 7 heteroatoms. The highest BCUT2D eigenvalue weighted by Crippen LogP contribution is 2.38. The molecule has 0 spiro atoms. The van der Waals surface area contributed by atoms with Crippen molar-refractivity contribution in [2.24, 2.45) is 0 Å². The number of nitrogens with one attached hydrogen (secondary N) is 3. The largest absolute Gasteiger partial charge is 0.496 e. The maximum Gasteiger partial charge on any atom is 0.127 e. The highest BCUT2D eigenvalue weighted by atomic mass is 16.5. The predicted octanol–water partition coefficient (Wildman–Crippen LogP) is 4.46. The molecule has 3 N–H and O–H groups in total. The van der Waals surface area contributed by atoms with E-state index in [-0.39, 0.29) is 6.04 Å². The van der Waals surface area contributed by atoms with Crippen LogP contribution >= 0.6 is 0 Å². The van der Waals surface area contributed by atoms with Gasteiger partial charge in [-0.1, -0.05) is 18.2 Å². The summed E-state index contributed by atoms with van der Waals surface area (Å²) < 4.78 is 5.64. The van der Waals surface area contributed by atoms with E-state index in [2.05, 4.69) is 50.3 Å². The lowest BCUT2D eigenvalue weighted by molar-refractivity contribution is 0.401. The topological polar surface area (TPSA) is 87.8 Å². The average molecular weight is 400 g/mol. The van der Waals surface area contributed by atoms with Crippen LogP contribution in [0.15, 0.2) is 54.7 Å². The third-order valence-electron chi connectivity index (χ3n) is 5.64. The van der Waals surface area contributed by atoms with Gasteiger partial charge in [-0.05, 0) is 55.2 Å². The van der Waals surface area contributed by atoms with Crippen LogP contribution in [0.25, 0.3) is 10.9 Å². The molecule has 7 nitrogen and oxygen atoms in total. The Kier molecular flexibility index (Phi) is 4.93. The summed E-state index contributed by atoms with van der Waals surface area (Å²) >= 11 is 0. The molecule has 1 aliphatic carbocycles. The molecular weight excluding hydrogens is 376 g/mol. The van der Waals surface area contributed by atoms with E-state index in [4.69, 9.17) is 9.72 Å². The van der Waals surface area contributed by atoms with Crippen molar-refractivity contribution in [2.75, 3.05) is 17.7 Å². The SMILES string of the molecule is COc1cccc2c1C(Nc1ccc3c(NCc4cn[nH]n4)cccc3n1)CCC2. The van der Waals surface area contributed by atoms with Gasteiger partial charge in [-0.3, -0.25) is 0 Å². The molecule has 0 bridgehead atoms. The molecule has 0 saturated carbocycles. The quantitative estimate of drug-likeness (QED) is 0.443. The number of rotatable bonds is 6. The number of fused-ring (bicyclic) bond motifs is 2. The summed E-state index contributed by atoms with van der Waals surface area (Å²) in [6.45, 7) is 0.605. The minimum absolute atomic E-state index is 0.198. The van der Waals surface area contributed by atoms with Gasteiger partial charge in [0.2, 0.25) is 0 Å². The molecule has 152 valence electrons. The molecule has 1 atom stereocenters. The first-order valence-electron chi connectivity index (χ1n) is 10.2. The minimum Gasteiger partial charge on any atom is -0.496 e. The Balaban J connectivity index is 1.40. The van der Waals surface area contributed by atoms with E-state index in [0.29, 0.717) is 6.54 Å². The highest BCUT2D eigenvalue weighted by Gasteiger charge is 2.24. The Labute approximate surface area is 174 Å². The molecular formula is C23H24N6O. The van der Waals surface area contributed by atoms with E-state index in [9.17, 15) is 0 Å². The highest BCUT2D eigenvalue weighted by molar-refractivity contribution is 5.92. The Morgan fingerprint density at radius 1 is 1.13 bits per heavy atom. The van der Waals surface area contributed by atoms with Crippen LogP contribution in [0.1, 0.15) is 35.7 Å². The number of hydrogen-bond acceptors (Lipinski definition) is 6. The molecule has 0 aliphatic heterocycles. The van der Waals surface area contributed by atoms with Gasteiger partial charge in [-0.15, -0.1) is 0 Å². The van der Waals surface area contributed by atoms with Gasteiger partial charge in [0.1, 0.15) is 17.3 Å². The van der Waals surface area contributed by atoms with Gasteiger partial charge in [0.25, 0.3) is 0 Å². The average Bonchev–Trinajstić information content (AvgIpc) is 3.31. The minimum atomic E-state index is 0.198. The summed E-state index contributed by atoms with van der Waals surface area (Å²) in [5.41, 5.74) is 5.46. The zero-order chi connectivity index (χ0) is 20.3. The number of methoxy groups -OCH3 is 1. The van der Waals surface area contributed by atoms with Crippen LogP contribution in [0.4, 0.5) is 11.5 Å². The molecule has 1 unspecified atom stereocenters. The first-order chi connectivity index (χ1) is 14.8. The fourth-order valence-electron chi connectivity index (χ4n) is 4.23. The number of pyridine rings is 1. The van der Waals surface area contributed by atoms with Gasteiger partial charge >= 0.3 is 0 Å². The molecule has 0 saturated heterocycles. The first-order valence-corrected chi connectivity index (χ1v) is 10.2. The van der Waals surface area contributed by atoms with Gasteiger partial charge < -0.3 is 15.4 Å². The zero-order valence-corrected chi connectivity index (χ0v) is 16.9. The van der Waals surface area contributed by atoms with Crippen LogP contribution < -0.4 is 15.4 Å². The predicted molar refractivity (Wildman–Crippen MR) is 118 cm³/mol. The number of H-pyrrole nitrogens is 1. The van der Waals surface area contributed by atoms with Crippen molar-refractivity contribution in [1.82, 2.24) is 20.4 Å². The molecule has 0 radical (unpaired) electrons. The lowest BCUT2D eigenvalue weighted by atomic mass is 9.87. The lowest BCUT2D eigenvalue weighted by Gasteiger charge is -2.28. The smallest absolute Gasteiger partial charge is 0.127 e. The van der Waals surface area contributed by atoms with E-state index in [1.165, 1.54) is 11.1 Å². The maximum absolute atomic E-state index is 5.64. The van der Waals surface area contributed by atoms with Crippen molar-refractivity contribution < 1.29 is 4.74 Å². The summed E-state index contributed by atoms with van der Waals surface area (Å²) in [5, 5.41) is 18.7. The zero-order valence-electron chi connectivity index (χ0n) is 16.9. The number of anilines is 2. The van der Waals surface area contributed by atoms with Gasteiger partial charge in [-0.25, -0.2) is 4.98 Å². The van der Waals surface area contributed by atoms with Crippen LogP contribution in [-0.4, -0.2) is 27.5 Å².